The number of fused-ring (bicyclic) bond motifs is 1. The lowest BCUT2D eigenvalue weighted by Crippen LogP contribution is -2.41. The van der Waals surface area contributed by atoms with E-state index < -0.39 is 30.3 Å². The van der Waals surface area contributed by atoms with Gasteiger partial charge >= 0.3 is 11.9 Å². The van der Waals surface area contributed by atoms with Crippen LogP contribution in [0, 0.1) is 6.92 Å². The van der Waals surface area contributed by atoms with E-state index in [0.717, 1.165) is 16.9 Å². The summed E-state index contributed by atoms with van der Waals surface area (Å²) >= 11 is 0.997. The Balaban J connectivity index is 1.77. The minimum Gasteiger partial charge on any atom is -0.481 e. The average molecular weight is 490 g/mol. The molecular weight excluding hydrogens is 466 g/mol. The summed E-state index contributed by atoms with van der Waals surface area (Å²) in [6.07, 6.45) is 0.760. The zero-order chi connectivity index (χ0) is 24.8. The first-order valence-electron chi connectivity index (χ1n) is 10.2. The molecule has 0 saturated carbocycles. The predicted molar refractivity (Wildman–Crippen MR) is 123 cm³/mol. The highest BCUT2D eigenvalue weighted by molar-refractivity contribution is 7.17. The van der Waals surface area contributed by atoms with E-state index in [2.05, 4.69) is 20.3 Å². The van der Waals surface area contributed by atoms with Gasteiger partial charge in [0.15, 0.2) is 5.01 Å². The highest BCUT2D eigenvalue weighted by Crippen LogP contribution is 2.26. The van der Waals surface area contributed by atoms with Gasteiger partial charge < -0.3 is 30.5 Å². The Hall–Kier alpha value is -3.84. The number of aromatic amines is 1. The topological polar surface area (TPSA) is 186 Å². The maximum Gasteiger partial charge on any atom is 0.326 e. The van der Waals surface area contributed by atoms with Crippen molar-refractivity contribution in [3.63, 3.8) is 0 Å². The largest absolute Gasteiger partial charge is 0.481 e. The van der Waals surface area contributed by atoms with Gasteiger partial charge in [-0.2, -0.15) is 0 Å². The average Bonchev–Trinajstić information content (AvgIpc) is 3.26. The second-order valence-electron chi connectivity index (χ2n) is 7.45. The van der Waals surface area contributed by atoms with Gasteiger partial charge in [-0.3, -0.25) is 14.4 Å². The third-order valence-electron chi connectivity index (χ3n) is 4.88. The second kappa shape index (κ2) is 10.9. The van der Waals surface area contributed by atoms with Crippen molar-refractivity contribution in [2.45, 2.75) is 32.4 Å². The summed E-state index contributed by atoms with van der Waals surface area (Å²) in [5.74, 6) is -2.74. The zero-order valence-electron chi connectivity index (χ0n) is 18.1. The van der Waals surface area contributed by atoms with Gasteiger partial charge in [-0.25, -0.2) is 14.8 Å². The highest BCUT2D eigenvalue weighted by Gasteiger charge is 2.24. The first kappa shape index (κ1) is 24.8. The van der Waals surface area contributed by atoms with Gasteiger partial charge in [0.05, 0.1) is 23.7 Å². The van der Waals surface area contributed by atoms with E-state index in [-0.39, 0.29) is 30.1 Å². The number of rotatable bonds is 11. The molecule has 0 fully saturated rings. The number of hydrogen-bond donors (Lipinski definition) is 5. The van der Waals surface area contributed by atoms with Gasteiger partial charge in [0, 0.05) is 19.5 Å². The van der Waals surface area contributed by atoms with Crippen LogP contribution in [0.25, 0.3) is 10.9 Å². The maximum atomic E-state index is 12.5. The molecule has 0 aliphatic carbocycles. The number of aromatic nitrogens is 3. The van der Waals surface area contributed by atoms with Gasteiger partial charge in [-0.1, -0.05) is 17.4 Å². The Kier molecular flexibility index (Phi) is 7.91. The van der Waals surface area contributed by atoms with Gasteiger partial charge in [0.2, 0.25) is 0 Å². The number of nitrogens with one attached hydrogen (secondary N) is 2. The van der Waals surface area contributed by atoms with Crippen LogP contribution in [0.1, 0.15) is 34.0 Å². The smallest absolute Gasteiger partial charge is 0.326 e. The fraction of sp³-hybridized carbons (Fsp3) is 0.333. The second-order valence-corrected chi connectivity index (χ2v) is 8.46. The molecule has 3 rings (SSSR count). The molecule has 1 aromatic carbocycles. The molecule has 1 amide bonds. The molecule has 0 radical (unpaired) electrons. The summed E-state index contributed by atoms with van der Waals surface area (Å²) in [5, 5.41) is 30.7. The summed E-state index contributed by atoms with van der Waals surface area (Å²) in [7, 11) is 0. The molecule has 0 bridgehead atoms. The van der Waals surface area contributed by atoms with Crippen molar-refractivity contribution in [2.24, 2.45) is 0 Å². The van der Waals surface area contributed by atoms with E-state index in [0.29, 0.717) is 28.3 Å². The van der Waals surface area contributed by atoms with E-state index in [1.165, 1.54) is 6.20 Å². The number of H-pyrrole nitrogens is 1. The van der Waals surface area contributed by atoms with Crippen LogP contribution in [-0.4, -0.2) is 67.3 Å². The van der Waals surface area contributed by atoms with E-state index in [9.17, 15) is 29.4 Å². The SMILES string of the molecule is Cc1nc2ccc(CN(CCO)c3cnc(C(=O)N[C@@H](CCC(=O)O)C(=O)O)s3)cc2c(=O)[nH]1. The van der Waals surface area contributed by atoms with Crippen molar-refractivity contribution in [1.29, 1.82) is 0 Å². The van der Waals surface area contributed by atoms with Gasteiger partial charge in [0.1, 0.15) is 16.9 Å². The lowest BCUT2D eigenvalue weighted by Gasteiger charge is -2.21. The van der Waals surface area contributed by atoms with Crippen LogP contribution in [0.3, 0.4) is 0 Å². The van der Waals surface area contributed by atoms with Crippen LogP contribution in [0.4, 0.5) is 5.00 Å². The monoisotopic (exact) mass is 489 g/mol. The number of carboxylic acids is 2. The lowest BCUT2D eigenvalue weighted by atomic mass is 10.1. The van der Waals surface area contributed by atoms with E-state index >= 15 is 0 Å². The number of aliphatic hydroxyl groups is 1. The van der Waals surface area contributed by atoms with Crippen molar-refractivity contribution < 1.29 is 29.7 Å². The molecule has 2 aromatic heterocycles. The maximum absolute atomic E-state index is 12.5. The molecule has 180 valence electrons. The third-order valence-corrected chi connectivity index (χ3v) is 5.94. The van der Waals surface area contributed by atoms with Crippen molar-refractivity contribution in [3.05, 3.63) is 51.1 Å². The first-order valence-corrected chi connectivity index (χ1v) is 11.1. The zero-order valence-corrected chi connectivity index (χ0v) is 19.0. The normalized spacial score (nSPS) is 11.8. The molecule has 0 saturated heterocycles. The number of hydrogen-bond acceptors (Lipinski definition) is 9. The van der Waals surface area contributed by atoms with Crippen LogP contribution in [0.15, 0.2) is 29.2 Å². The Morgan fingerprint density at radius 1 is 1.26 bits per heavy atom. The van der Waals surface area contributed by atoms with Crippen LogP contribution in [0.2, 0.25) is 0 Å². The lowest BCUT2D eigenvalue weighted by molar-refractivity contribution is -0.140. The van der Waals surface area contributed by atoms with Gasteiger partial charge in [-0.15, -0.1) is 0 Å². The third kappa shape index (κ3) is 6.14. The number of nitrogens with zero attached hydrogens (tertiary/aromatic N) is 3. The number of anilines is 1. The van der Waals surface area contributed by atoms with Crippen molar-refractivity contribution in [1.82, 2.24) is 20.3 Å². The summed E-state index contributed by atoms with van der Waals surface area (Å²) in [4.78, 5) is 59.6. The Morgan fingerprint density at radius 2 is 2.03 bits per heavy atom. The van der Waals surface area contributed by atoms with Gasteiger partial charge in [-0.05, 0) is 31.0 Å². The molecule has 34 heavy (non-hydrogen) atoms. The number of carbonyl (C=O) groups is 3. The predicted octanol–water partition coefficient (Wildman–Crippen LogP) is 0.735. The molecule has 0 spiro atoms. The minimum atomic E-state index is -1.36. The van der Waals surface area contributed by atoms with E-state index in [1.54, 1.807) is 24.0 Å². The first-order chi connectivity index (χ1) is 16.2. The van der Waals surface area contributed by atoms with Crippen molar-refractivity contribution in [2.75, 3.05) is 18.1 Å². The number of aryl methyl sites for hydroxylation is 1. The molecule has 0 aliphatic rings. The quantitative estimate of drug-likeness (QED) is 0.257. The standard InChI is InChI=1S/C21H23N5O7S/c1-11-23-14-3-2-12(8-13(14)18(30)24-11)10-26(6-7-27)16-9-22-20(34-16)19(31)25-15(21(32)33)4-5-17(28)29/h2-3,8-9,15,27H,4-7,10H2,1H3,(H,25,31)(H,28,29)(H,32,33)(H,23,24,30)/t15-/m0/s1. The molecular formula is C21H23N5O7S. The molecule has 12 nitrogen and oxygen atoms in total. The van der Waals surface area contributed by atoms with Crippen molar-refractivity contribution >= 4 is 45.1 Å². The number of aliphatic carboxylic acids is 2. The van der Waals surface area contributed by atoms with Crippen LogP contribution in [0.5, 0.6) is 0 Å². The number of aliphatic hydroxyl groups excluding tert-OH is 1. The van der Waals surface area contributed by atoms with Crippen LogP contribution < -0.4 is 15.8 Å². The van der Waals surface area contributed by atoms with Crippen molar-refractivity contribution in [3.8, 4) is 0 Å². The number of carboxylic acid groups (broad SMARTS) is 2. The molecule has 2 heterocycles. The van der Waals surface area contributed by atoms with Crippen LogP contribution >= 0.6 is 11.3 Å². The number of carbonyl (C=O) groups excluding carboxylic acids is 1. The van der Waals surface area contributed by atoms with Crippen LogP contribution in [-0.2, 0) is 16.1 Å². The highest BCUT2D eigenvalue weighted by atomic mass is 32.1. The minimum absolute atomic E-state index is 0.00542. The number of benzene rings is 1. The molecule has 1 atom stereocenters. The number of thiazole rings is 1. The molecule has 13 heteroatoms. The summed E-state index contributed by atoms with van der Waals surface area (Å²) in [6, 6.07) is 3.89. The summed E-state index contributed by atoms with van der Waals surface area (Å²) in [5.41, 5.74) is 1.08. The molecule has 3 aromatic rings. The molecule has 5 N–H and O–H groups in total. The molecule has 0 unspecified atom stereocenters. The van der Waals surface area contributed by atoms with E-state index in [1.807, 2.05) is 6.07 Å². The molecule has 0 aliphatic heterocycles. The summed E-state index contributed by atoms with van der Waals surface area (Å²) < 4.78 is 0. The van der Waals surface area contributed by atoms with E-state index in [4.69, 9.17) is 5.11 Å². The fourth-order valence-corrected chi connectivity index (χ4v) is 4.12. The number of amides is 1. The Morgan fingerprint density at radius 3 is 2.71 bits per heavy atom. The Bertz CT molecular complexity index is 1270. The fourth-order valence-electron chi connectivity index (χ4n) is 3.27. The van der Waals surface area contributed by atoms with Gasteiger partial charge in [0.25, 0.3) is 11.5 Å². The Labute approximate surface area is 196 Å². The summed E-state index contributed by atoms with van der Waals surface area (Å²) in [6.45, 7) is 2.05.